The van der Waals surface area contributed by atoms with Crippen LogP contribution in [0.15, 0.2) is 78.9 Å². The molecule has 172 valence electrons. The summed E-state index contributed by atoms with van der Waals surface area (Å²) in [4.78, 5) is 12.5. The van der Waals surface area contributed by atoms with Crippen LogP contribution >= 0.6 is 35.4 Å². The fourth-order valence-corrected chi connectivity index (χ4v) is 4.05. The number of anilines is 1. The van der Waals surface area contributed by atoms with E-state index in [1.54, 1.807) is 48.5 Å². The highest BCUT2D eigenvalue weighted by molar-refractivity contribution is 7.80. The zero-order valence-electron chi connectivity index (χ0n) is 17.9. The summed E-state index contributed by atoms with van der Waals surface area (Å²) in [7, 11) is 0. The first kappa shape index (κ1) is 22.9. The number of nitrogens with one attached hydrogen (secondary N) is 3. The smallest absolute Gasteiger partial charge is 0.257 e. The van der Waals surface area contributed by atoms with E-state index in [9.17, 15) is 4.79 Å². The van der Waals surface area contributed by atoms with Gasteiger partial charge < -0.3 is 5.32 Å². The van der Waals surface area contributed by atoms with Crippen LogP contribution in [0, 0.1) is 0 Å². The Bertz CT molecular complexity index is 1540. The second kappa shape index (κ2) is 9.79. The number of carbonyl (C=O) groups excluding carboxylic acids is 1. The molecule has 2 heterocycles. The molecule has 5 aromatic rings. The van der Waals surface area contributed by atoms with Crippen molar-refractivity contribution in [1.29, 1.82) is 0 Å². The van der Waals surface area contributed by atoms with Gasteiger partial charge in [-0.05, 0) is 54.2 Å². The Kier molecular flexibility index (Phi) is 6.41. The zero-order chi connectivity index (χ0) is 24.4. The third-order valence-corrected chi connectivity index (χ3v) is 5.94. The summed E-state index contributed by atoms with van der Waals surface area (Å²) < 4.78 is 0. The molecule has 0 bridgehead atoms. The third-order valence-electron chi connectivity index (χ3n) is 5.23. The molecule has 0 atom stereocenters. The molecule has 0 aliphatic carbocycles. The quantitative estimate of drug-likeness (QED) is 0.248. The van der Waals surface area contributed by atoms with Crippen LogP contribution in [0.25, 0.3) is 33.4 Å². The number of amides is 1. The predicted molar refractivity (Wildman–Crippen MR) is 143 cm³/mol. The molecule has 0 unspecified atom stereocenters. The van der Waals surface area contributed by atoms with Gasteiger partial charge in [-0.3, -0.25) is 15.2 Å². The fourth-order valence-electron chi connectivity index (χ4n) is 3.61. The molecule has 2 aromatic heterocycles. The van der Waals surface area contributed by atoms with Crippen LogP contribution in [0.2, 0.25) is 10.0 Å². The molecule has 0 aliphatic rings. The summed E-state index contributed by atoms with van der Waals surface area (Å²) in [5.41, 5.74) is 4.00. The first-order valence-corrected chi connectivity index (χ1v) is 11.6. The van der Waals surface area contributed by atoms with Gasteiger partial charge in [0.2, 0.25) is 0 Å². The Labute approximate surface area is 215 Å². The molecule has 5 rings (SSSR count). The first-order chi connectivity index (χ1) is 17.0. The van der Waals surface area contributed by atoms with E-state index in [2.05, 4.69) is 31.0 Å². The van der Waals surface area contributed by atoms with Crippen molar-refractivity contribution in [3.05, 3.63) is 94.5 Å². The lowest BCUT2D eigenvalue weighted by Crippen LogP contribution is -2.34. The molecular weight excluding hydrogens is 503 g/mol. The van der Waals surface area contributed by atoms with Crippen LogP contribution < -0.4 is 10.6 Å². The Morgan fingerprint density at radius 1 is 0.829 bits per heavy atom. The van der Waals surface area contributed by atoms with Crippen LogP contribution in [0.5, 0.6) is 0 Å². The molecule has 35 heavy (non-hydrogen) atoms. The van der Waals surface area contributed by atoms with Crippen LogP contribution in [0.1, 0.15) is 10.4 Å². The number of fused-ring (bicyclic) bond motifs is 1. The second-order valence-corrected chi connectivity index (χ2v) is 8.79. The normalized spacial score (nSPS) is 10.8. The first-order valence-electron chi connectivity index (χ1n) is 10.4. The summed E-state index contributed by atoms with van der Waals surface area (Å²) in [5.74, 6) is 0.0657. The Morgan fingerprint density at radius 3 is 2.11 bits per heavy atom. The van der Waals surface area contributed by atoms with Crippen molar-refractivity contribution >= 4 is 63.3 Å². The van der Waals surface area contributed by atoms with Gasteiger partial charge in [0.05, 0.1) is 5.39 Å². The average Bonchev–Trinajstić information content (AvgIpc) is 3.27. The number of aromatic nitrogens is 4. The molecule has 7 nitrogen and oxygen atoms in total. The number of hydrogen-bond donors (Lipinski definition) is 3. The van der Waals surface area contributed by atoms with Gasteiger partial charge >= 0.3 is 0 Å². The van der Waals surface area contributed by atoms with Crippen molar-refractivity contribution in [2.75, 3.05) is 5.32 Å². The minimum absolute atomic E-state index is 0.0964. The molecule has 1 amide bonds. The summed E-state index contributed by atoms with van der Waals surface area (Å²) in [5, 5.41) is 23.7. The number of carbonyl (C=O) groups is 1. The highest BCUT2D eigenvalue weighted by Crippen LogP contribution is 2.38. The van der Waals surface area contributed by atoms with E-state index >= 15 is 0 Å². The Morgan fingerprint density at radius 2 is 1.46 bits per heavy atom. The molecule has 0 aliphatic heterocycles. The fraction of sp³-hybridized carbons (Fsp3) is 0. The van der Waals surface area contributed by atoms with Crippen molar-refractivity contribution < 1.29 is 4.79 Å². The van der Waals surface area contributed by atoms with E-state index in [-0.39, 0.29) is 11.0 Å². The van der Waals surface area contributed by atoms with Crippen LogP contribution in [-0.2, 0) is 0 Å². The number of thiocarbonyl (C=S) groups is 1. The molecule has 3 N–H and O–H groups in total. The Hall–Kier alpha value is -3.85. The van der Waals surface area contributed by atoms with Gasteiger partial charge in [-0.1, -0.05) is 65.7 Å². The number of rotatable bonds is 4. The molecule has 0 fully saturated rings. The van der Waals surface area contributed by atoms with Crippen molar-refractivity contribution in [3.8, 4) is 22.4 Å². The standard InChI is InChI=1S/C25H16Cl2N6OS/c26-17-10-6-14(7-11-17)19-20-22(28-25(35)29-24(34)16-4-2-1-3-5-16)31-33-23(20)32-30-21(19)15-8-12-18(27)13-9-15/h1-13H,(H3,28,29,31,32,33,34,35). The monoisotopic (exact) mass is 518 g/mol. The maximum Gasteiger partial charge on any atom is 0.257 e. The lowest BCUT2D eigenvalue weighted by Gasteiger charge is -2.12. The molecule has 0 saturated carbocycles. The molecular formula is C25H16Cl2N6OS. The van der Waals surface area contributed by atoms with Crippen molar-refractivity contribution in [2.24, 2.45) is 0 Å². The Balaban J connectivity index is 1.58. The minimum Gasteiger partial charge on any atom is -0.315 e. The van der Waals surface area contributed by atoms with Crippen molar-refractivity contribution in [2.45, 2.75) is 0 Å². The van der Waals surface area contributed by atoms with Gasteiger partial charge in [0.1, 0.15) is 5.69 Å². The molecule has 3 aromatic carbocycles. The third kappa shape index (κ3) is 4.85. The van der Waals surface area contributed by atoms with E-state index in [0.29, 0.717) is 38.2 Å². The topological polar surface area (TPSA) is 95.6 Å². The average molecular weight is 519 g/mol. The molecule has 0 radical (unpaired) electrons. The largest absolute Gasteiger partial charge is 0.315 e. The lowest BCUT2D eigenvalue weighted by atomic mass is 9.97. The van der Waals surface area contributed by atoms with E-state index < -0.39 is 0 Å². The minimum atomic E-state index is -0.331. The number of nitrogens with zero attached hydrogens (tertiary/aromatic N) is 3. The van der Waals surface area contributed by atoms with Gasteiger partial charge in [0, 0.05) is 26.7 Å². The van der Waals surface area contributed by atoms with E-state index in [4.69, 9.17) is 35.4 Å². The van der Waals surface area contributed by atoms with E-state index in [1.165, 1.54) is 0 Å². The summed E-state index contributed by atoms with van der Waals surface area (Å²) in [6.45, 7) is 0. The van der Waals surface area contributed by atoms with Gasteiger partial charge in [0.15, 0.2) is 16.6 Å². The number of halogens is 2. The maximum atomic E-state index is 12.5. The zero-order valence-corrected chi connectivity index (χ0v) is 20.2. The van der Waals surface area contributed by atoms with Crippen LogP contribution in [0.3, 0.4) is 0 Å². The molecule has 10 heteroatoms. The predicted octanol–water partition coefficient (Wildman–Crippen LogP) is 6.12. The van der Waals surface area contributed by atoms with Crippen molar-refractivity contribution in [3.63, 3.8) is 0 Å². The SMILES string of the molecule is O=C(NC(=S)Nc1n[nH]c2nnc(-c3ccc(Cl)cc3)c(-c3ccc(Cl)cc3)c12)c1ccccc1. The number of benzene rings is 3. The maximum absolute atomic E-state index is 12.5. The highest BCUT2D eigenvalue weighted by atomic mass is 35.5. The summed E-state index contributed by atoms with van der Waals surface area (Å²) in [6, 6.07) is 23.5. The number of H-pyrrole nitrogens is 1. The van der Waals surface area contributed by atoms with Gasteiger partial charge in [-0.2, -0.15) is 5.10 Å². The molecule has 0 spiro atoms. The summed E-state index contributed by atoms with van der Waals surface area (Å²) >= 11 is 17.6. The van der Waals surface area contributed by atoms with Gasteiger partial charge in [-0.15, -0.1) is 10.2 Å². The highest BCUT2D eigenvalue weighted by Gasteiger charge is 2.21. The number of hydrogen-bond acceptors (Lipinski definition) is 5. The van der Waals surface area contributed by atoms with Gasteiger partial charge in [0.25, 0.3) is 5.91 Å². The molecule has 0 saturated heterocycles. The van der Waals surface area contributed by atoms with E-state index in [1.807, 2.05) is 30.3 Å². The van der Waals surface area contributed by atoms with E-state index in [0.717, 1.165) is 16.7 Å². The second-order valence-electron chi connectivity index (χ2n) is 7.51. The summed E-state index contributed by atoms with van der Waals surface area (Å²) in [6.07, 6.45) is 0. The number of aromatic amines is 1. The van der Waals surface area contributed by atoms with Crippen LogP contribution in [-0.4, -0.2) is 31.4 Å². The lowest BCUT2D eigenvalue weighted by molar-refractivity contribution is 0.0977. The van der Waals surface area contributed by atoms with Crippen LogP contribution in [0.4, 0.5) is 5.82 Å². The van der Waals surface area contributed by atoms with Crippen molar-refractivity contribution in [1.82, 2.24) is 25.7 Å². The van der Waals surface area contributed by atoms with Gasteiger partial charge in [-0.25, -0.2) is 0 Å².